The lowest BCUT2D eigenvalue weighted by Crippen LogP contribution is -2.15. The summed E-state index contributed by atoms with van der Waals surface area (Å²) in [5.41, 5.74) is 6.98. The largest absolute Gasteiger partial charge is 0.495 e. The first-order valence-electron chi connectivity index (χ1n) is 5.83. The molecular weight excluding hydrogens is 324 g/mol. The lowest BCUT2D eigenvalue weighted by Gasteiger charge is -2.14. The van der Waals surface area contributed by atoms with Crippen LogP contribution in [0.2, 0.25) is 0 Å². The highest BCUT2D eigenvalue weighted by molar-refractivity contribution is 9.10. The Kier molecular flexibility index (Phi) is 5.24. The molecule has 1 heterocycles. The predicted molar refractivity (Wildman–Crippen MR) is 82.6 cm³/mol. The summed E-state index contributed by atoms with van der Waals surface area (Å²) in [6.07, 6.45) is 1.74. The number of thioether (sulfide) groups is 1. The fourth-order valence-electron chi connectivity index (χ4n) is 1.68. The van der Waals surface area contributed by atoms with Crippen LogP contribution in [0.1, 0.15) is 11.7 Å². The summed E-state index contributed by atoms with van der Waals surface area (Å²) in [7, 11) is 1.63. The van der Waals surface area contributed by atoms with E-state index in [1.54, 1.807) is 25.1 Å². The summed E-state index contributed by atoms with van der Waals surface area (Å²) >= 11 is 5.17. The number of benzene rings is 1. The first-order chi connectivity index (χ1) is 9.20. The van der Waals surface area contributed by atoms with Crippen molar-refractivity contribution in [3.8, 4) is 5.75 Å². The highest BCUT2D eigenvalue weighted by Crippen LogP contribution is 2.28. The summed E-state index contributed by atoms with van der Waals surface area (Å²) < 4.78 is 6.35. The van der Waals surface area contributed by atoms with Gasteiger partial charge in [0.05, 0.1) is 18.8 Å². The third-order valence-electron chi connectivity index (χ3n) is 2.60. The summed E-state index contributed by atoms with van der Waals surface area (Å²) in [5, 5.41) is 0. The summed E-state index contributed by atoms with van der Waals surface area (Å²) in [6.45, 7) is 0. The average molecular weight is 339 g/mol. The number of aromatic nitrogens is 1. The second-order valence-electron chi connectivity index (χ2n) is 3.97. The minimum atomic E-state index is -0.153. The van der Waals surface area contributed by atoms with Gasteiger partial charge in [-0.25, -0.2) is 0 Å². The Balaban J connectivity index is 2.03. The number of rotatable bonds is 5. The molecule has 1 atom stereocenters. The Morgan fingerprint density at radius 1 is 1.37 bits per heavy atom. The summed E-state index contributed by atoms with van der Waals surface area (Å²) in [4.78, 5) is 5.49. The number of ether oxygens (including phenoxy) is 1. The molecular formula is C14H15BrN2OS. The molecule has 3 nitrogen and oxygen atoms in total. The molecule has 0 fully saturated rings. The molecule has 100 valence electrons. The van der Waals surface area contributed by atoms with E-state index in [1.807, 2.05) is 24.3 Å². The number of pyridine rings is 1. The van der Waals surface area contributed by atoms with E-state index in [4.69, 9.17) is 10.5 Å². The lowest BCUT2D eigenvalue weighted by molar-refractivity contribution is 0.404. The minimum Gasteiger partial charge on any atom is -0.495 e. The van der Waals surface area contributed by atoms with Gasteiger partial charge in [-0.15, -0.1) is 11.8 Å². The van der Waals surface area contributed by atoms with Crippen molar-refractivity contribution in [2.75, 3.05) is 12.9 Å². The molecule has 0 saturated carbocycles. The molecule has 1 aromatic heterocycles. The first kappa shape index (κ1) is 14.4. The quantitative estimate of drug-likeness (QED) is 0.845. The maximum atomic E-state index is 6.18. The van der Waals surface area contributed by atoms with Gasteiger partial charge in [0.25, 0.3) is 0 Å². The molecule has 0 bridgehead atoms. The van der Waals surface area contributed by atoms with E-state index in [9.17, 15) is 0 Å². The van der Waals surface area contributed by atoms with E-state index in [0.717, 1.165) is 21.7 Å². The molecule has 0 amide bonds. The van der Waals surface area contributed by atoms with Crippen LogP contribution in [-0.2, 0) is 0 Å². The Labute approximate surface area is 125 Å². The topological polar surface area (TPSA) is 48.1 Å². The third-order valence-corrected chi connectivity index (χ3v) is 4.20. The number of hydrogen-bond acceptors (Lipinski definition) is 4. The van der Waals surface area contributed by atoms with Gasteiger partial charge in [-0.2, -0.15) is 0 Å². The number of methoxy groups -OCH3 is 1. The normalized spacial score (nSPS) is 12.2. The van der Waals surface area contributed by atoms with Gasteiger partial charge in [-0.1, -0.05) is 22.0 Å². The Bertz CT molecular complexity index is 550. The van der Waals surface area contributed by atoms with Crippen molar-refractivity contribution in [2.24, 2.45) is 5.73 Å². The molecule has 0 aliphatic rings. The molecule has 1 unspecified atom stereocenters. The van der Waals surface area contributed by atoms with Crippen LogP contribution in [0.4, 0.5) is 0 Å². The van der Waals surface area contributed by atoms with E-state index in [2.05, 4.69) is 33.0 Å². The molecule has 0 saturated heterocycles. The third kappa shape index (κ3) is 3.96. The molecule has 0 aliphatic carbocycles. The Hall–Kier alpha value is -1.04. The van der Waals surface area contributed by atoms with E-state index in [0.29, 0.717) is 0 Å². The van der Waals surface area contributed by atoms with Crippen molar-refractivity contribution < 1.29 is 4.74 Å². The van der Waals surface area contributed by atoms with Crippen molar-refractivity contribution in [1.29, 1.82) is 0 Å². The second kappa shape index (κ2) is 6.93. The SMILES string of the molecule is COc1cccnc1C(N)CSc1cccc(Br)c1. The van der Waals surface area contributed by atoms with Gasteiger partial charge in [0.15, 0.2) is 0 Å². The van der Waals surface area contributed by atoms with Gasteiger partial charge in [0, 0.05) is 21.3 Å². The molecule has 5 heteroatoms. The second-order valence-corrected chi connectivity index (χ2v) is 5.97. The summed E-state index contributed by atoms with van der Waals surface area (Å²) in [6, 6.07) is 11.7. The van der Waals surface area contributed by atoms with Gasteiger partial charge in [0.1, 0.15) is 5.75 Å². The van der Waals surface area contributed by atoms with Gasteiger partial charge < -0.3 is 10.5 Å². The molecule has 2 rings (SSSR count). The Morgan fingerprint density at radius 3 is 2.95 bits per heavy atom. The van der Waals surface area contributed by atoms with Crippen molar-refractivity contribution in [3.63, 3.8) is 0 Å². The smallest absolute Gasteiger partial charge is 0.142 e. The zero-order valence-electron chi connectivity index (χ0n) is 10.5. The zero-order chi connectivity index (χ0) is 13.7. The molecule has 0 radical (unpaired) electrons. The van der Waals surface area contributed by atoms with Gasteiger partial charge in [-0.05, 0) is 30.3 Å². The van der Waals surface area contributed by atoms with Crippen LogP contribution in [0.3, 0.4) is 0 Å². The van der Waals surface area contributed by atoms with Crippen molar-refractivity contribution in [1.82, 2.24) is 4.98 Å². The van der Waals surface area contributed by atoms with E-state index < -0.39 is 0 Å². The Morgan fingerprint density at radius 2 is 2.21 bits per heavy atom. The fourth-order valence-corrected chi connectivity index (χ4v) is 3.14. The molecule has 1 aromatic carbocycles. The number of hydrogen-bond donors (Lipinski definition) is 1. The number of nitrogens with two attached hydrogens (primary N) is 1. The maximum absolute atomic E-state index is 6.18. The number of halogens is 1. The van der Waals surface area contributed by atoms with Crippen molar-refractivity contribution in [3.05, 3.63) is 52.8 Å². The highest BCUT2D eigenvalue weighted by atomic mass is 79.9. The molecule has 2 N–H and O–H groups in total. The monoisotopic (exact) mass is 338 g/mol. The molecule has 2 aromatic rings. The zero-order valence-corrected chi connectivity index (χ0v) is 12.9. The van der Waals surface area contributed by atoms with Gasteiger partial charge >= 0.3 is 0 Å². The van der Waals surface area contributed by atoms with Crippen LogP contribution in [0.15, 0.2) is 52.0 Å². The molecule has 19 heavy (non-hydrogen) atoms. The minimum absolute atomic E-state index is 0.153. The molecule has 0 aliphatic heterocycles. The lowest BCUT2D eigenvalue weighted by atomic mass is 10.2. The van der Waals surface area contributed by atoms with Crippen LogP contribution in [-0.4, -0.2) is 17.8 Å². The van der Waals surface area contributed by atoms with E-state index in [-0.39, 0.29) is 6.04 Å². The van der Waals surface area contributed by atoms with Crippen molar-refractivity contribution in [2.45, 2.75) is 10.9 Å². The average Bonchev–Trinajstić information content (AvgIpc) is 2.45. The van der Waals surface area contributed by atoms with Gasteiger partial charge in [0.2, 0.25) is 0 Å². The maximum Gasteiger partial charge on any atom is 0.142 e. The highest BCUT2D eigenvalue weighted by Gasteiger charge is 2.13. The summed E-state index contributed by atoms with van der Waals surface area (Å²) in [5.74, 6) is 1.49. The van der Waals surface area contributed by atoms with Crippen LogP contribution in [0, 0.1) is 0 Å². The standard InChI is InChI=1S/C14H15BrN2OS/c1-18-13-6-3-7-17-14(13)12(16)9-19-11-5-2-4-10(15)8-11/h2-8,12H,9,16H2,1H3. The van der Waals surface area contributed by atoms with Crippen LogP contribution in [0.5, 0.6) is 5.75 Å². The van der Waals surface area contributed by atoms with Crippen LogP contribution >= 0.6 is 27.7 Å². The number of nitrogens with zero attached hydrogens (tertiary/aromatic N) is 1. The fraction of sp³-hybridized carbons (Fsp3) is 0.214. The van der Waals surface area contributed by atoms with Gasteiger partial charge in [-0.3, -0.25) is 4.98 Å². The van der Waals surface area contributed by atoms with Crippen LogP contribution in [0.25, 0.3) is 0 Å². The van der Waals surface area contributed by atoms with Crippen LogP contribution < -0.4 is 10.5 Å². The first-order valence-corrected chi connectivity index (χ1v) is 7.61. The predicted octanol–water partition coefficient (Wildman–Crippen LogP) is 3.64. The van der Waals surface area contributed by atoms with E-state index >= 15 is 0 Å². The van der Waals surface area contributed by atoms with E-state index in [1.165, 1.54) is 4.90 Å². The molecule has 0 spiro atoms. The van der Waals surface area contributed by atoms with Crippen molar-refractivity contribution >= 4 is 27.7 Å².